The second-order valence-corrected chi connectivity index (χ2v) is 3.41. The highest BCUT2D eigenvalue weighted by molar-refractivity contribution is 5.85. The molecule has 1 rings (SSSR count). The molecule has 0 aliphatic rings. The standard InChI is InChI=1S/C10H13NO2/c1-6(2)8-4-7(3)5-9(11-8)10(12)13/h4-6H,1-3H3,(H,12,13). The van der Waals surface area contributed by atoms with Crippen LogP contribution in [0.4, 0.5) is 0 Å². The van der Waals surface area contributed by atoms with Crippen molar-refractivity contribution in [2.75, 3.05) is 0 Å². The van der Waals surface area contributed by atoms with Crippen LogP contribution in [-0.2, 0) is 0 Å². The Morgan fingerprint density at radius 3 is 2.54 bits per heavy atom. The zero-order chi connectivity index (χ0) is 10.0. The molecule has 1 heterocycles. The number of nitrogens with zero attached hydrogens (tertiary/aromatic N) is 1. The third-order valence-electron chi connectivity index (χ3n) is 1.80. The third-order valence-corrected chi connectivity index (χ3v) is 1.80. The number of carbonyl (C=O) groups is 1. The van der Waals surface area contributed by atoms with Gasteiger partial charge >= 0.3 is 5.97 Å². The maximum Gasteiger partial charge on any atom is 0.354 e. The Labute approximate surface area is 77.4 Å². The second kappa shape index (κ2) is 3.56. The number of aromatic carboxylic acids is 1. The van der Waals surface area contributed by atoms with Crippen molar-refractivity contribution in [2.24, 2.45) is 0 Å². The molecule has 0 amide bonds. The molecule has 3 nitrogen and oxygen atoms in total. The van der Waals surface area contributed by atoms with Gasteiger partial charge in [-0.25, -0.2) is 9.78 Å². The molecular formula is C10H13NO2. The van der Waals surface area contributed by atoms with Crippen molar-refractivity contribution in [1.29, 1.82) is 0 Å². The zero-order valence-corrected chi connectivity index (χ0v) is 8.03. The Morgan fingerprint density at radius 1 is 1.46 bits per heavy atom. The summed E-state index contributed by atoms with van der Waals surface area (Å²) in [7, 11) is 0. The highest BCUT2D eigenvalue weighted by Gasteiger charge is 2.08. The molecular weight excluding hydrogens is 166 g/mol. The van der Waals surface area contributed by atoms with Crippen molar-refractivity contribution in [2.45, 2.75) is 26.7 Å². The lowest BCUT2D eigenvalue weighted by atomic mass is 10.1. The van der Waals surface area contributed by atoms with E-state index in [9.17, 15) is 4.79 Å². The Balaban J connectivity index is 3.19. The predicted octanol–water partition coefficient (Wildman–Crippen LogP) is 2.21. The van der Waals surface area contributed by atoms with E-state index in [-0.39, 0.29) is 11.6 Å². The summed E-state index contributed by atoms with van der Waals surface area (Å²) in [4.78, 5) is 14.7. The van der Waals surface area contributed by atoms with Gasteiger partial charge in [0.15, 0.2) is 0 Å². The predicted molar refractivity (Wildman–Crippen MR) is 50.0 cm³/mol. The molecule has 0 saturated heterocycles. The lowest BCUT2D eigenvalue weighted by Gasteiger charge is -2.06. The number of aromatic nitrogens is 1. The van der Waals surface area contributed by atoms with Crippen molar-refractivity contribution in [1.82, 2.24) is 4.98 Å². The summed E-state index contributed by atoms with van der Waals surface area (Å²) in [6.07, 6.45) is 0. The van der Waals surface area contributed by atoms with E-state index in [0.717, 1.165) is 11.3 Å². The highest BCUT2D eigenvalue weighted by atomic mass is 16.4. The van der Waals surface area contributed by atoms with Crippen LogP contribution in [-0.4, -0.2) is 16.1 Å². The number of pyridine rings is 1. The van der Waals surface area contributed by atoms with Crippen molar-refractivity contribution in [3.63, 3.8) is 0 Å². The first-order valence-corrected chi connectivity index (χ1v) is 4.22. The summed E-state index contributed by atoms with van der Waals surface area (Å²) in [5, 5.41) is 8.75. The summed E-state index contributed by atoms with van der Waals surface area (Å²) in [6.45, 7) is 5.86. The first-order valence-electron chi connectivity index (χ1n) is 4.22. The van der Waals surface area contributed by atoms with Crippen LogP contribution in [0.1, 0.15) is 41.5 Å². The lowest BCUT2D eigenvalue weighted by Crippen LogP contribution is -2.04. The average molecular weight is 179 g/mol. The van der Waals surface area contributed by atoms with E-state index in [4.69, 9.17) is 5.11 Å². The molecule has 70 valence electrons. The second-order valence-electron chi connectivity index (χ2n) is 3.41. The molecule has 1 aromatic rings. The fourth-order valence-corrected chi connectivity index (χ4v) is 1.10. The topological polar surface area (TPSA) is 50.2 Å². The maximum absolute atomic E-state index is 10.7. The van der Waals surface area contributed by atoms with Gasteiger partial charge in [-0.2, -0.15) is 0 Å². The minimum atomic E-state index is -0.967. The van der Waals surface area contributed by atoms with Gasteiger partial charge in [0.1, 0.15) is 5.69 Å². The van der Waals surface area contributed by atoms with Crippen LogP contribution in [0, 0.1) is 6.92 Å². The SMILES string of the molecule is Cc1cc(C(=O)O)nc(C(C)C)c1. The minimum Gasteiger partial charge on any atom is -0.477 e. The van der Waals surface area contributed by atoms with Gasteiger partial charge in [-0.15, -0.1) is 0 Å². The van der Waals surface area contributed by atoms with Gasteiger partial charge in [0, 0.05) is 5.69 Å². The Morgan fingerprint density at radius 2 is 2.08 bits per heavy atom. The average Bonchev–Trinajstić information content (AvgIpc) is 2.03. The number of rotatable bonds is 2. The molecule has 3 heteroatoms. The fraction of sp³-hybridized carbons (Fsp3) is 0.400. The molecule has 0 aromatic carbocycles. The van der Waals surface area contributed by atoms with E-state index in [1.54, 1.807) is 6.07 Å². The van der Waals surface area contributed by atoms with Gasteiger partial charge in [-0.1, -0.05) is 13.8 Å². The van der Waals surface area contributed by atoms with E-state index in [2.05, 4.69) is 4.98 Å². The summed E-state index contributed by atoms with van der Waals surface area (Å²) in [6, 6.07) is 3.49. The van der Waals surface area contributed by atoms with Crippen LogP contribution in [0.3, 0.4) is 0 Å². The van der Waals surface area contributed by atoms with E-state index < -0.39 is 5.97 Å². The lowest BCUT2D eigenvalue weighted by molar-refractivity contribution is 0.0690. The van der Waals surface area contributed by atoms with E-state index in [1.807, 2.05) is 26.8 Å². The minimum absolute atomic E-state index is 0.128. The molecule has 0 aliphatic heterocycles. The molecule has 13 heavy (non-hydrogen) atoms. The fourth-order valence-electron chi connectivity index (χ4n) is 1.10. The number of hydrogen-bond acceptors (Lipinski definition) is 2. The first-order chi connectivity index (χ1) is 6.00. The van der Waals surface area contributed by atoms with Crippen molar-refractivity contribution in [3.8, 4) is 0 Å². The van der Waals surface area contributed by atoms with Gasteiger partial charge in [-0.3, -0.25) is 0 Å². The molecule has 0 radical (unpaired) electrons. The molecule has 0 bridgehead atoms. The van der Waals surface area contributed by atoms with Crippen LogP contribution in [0.25, 0.3) is 0 Å². The van der Waals surface area contributed by atoms with Crippen LogP contribution in [0.5, 0.6) is 0 Å². The molecule has 0 unspecified atom stereocenters. The van der Waals surface area contributed by atoms with Gasteiger partial charge < -0.3 is 5.11 Å². The van der Waals surface area contributed by atoms with Crippen LogP contribution < -0.4 is 0 Å². The number of hydrogen-bond donors (Lipinski definition) is 1. The smallest absolute Gasteiger partial charge is 0.354 e. The van der Waals surface area contributed by atoms with Gasteiger partial charge in [0.25, 0.3) is 0 Å². The Bertz CT molecular complexity index is 332. The molecule has 1 aromatic heterocycles. The molecule has 0 spiro atoms. The van der Waals surface area contributed by atoms with Gasteiger partial charge in [0.05, 0.1) is 0 Å². The van der Waals surface area contributed by atoms with Crippen molar-refractivity contribution in [3.05, 3.63) is 29.1 Å². The first kappa shape index (κ1) is 9.71. The van der Waals surface area contributed by atoms with E-state index >= 15 is 0 Å². The highest BCUT2D eigenvalue weighted by Crippen LogP contribution is 2.14. The normalized spacial score (nSPS) is 10.5. The molecule has 0 aliphatic carbocycles. The van der Waals surface area contributed by atoms with Crippen LogP contribution in [0.2, 0.25) is 0 Å². The van der Waals surface area contributed by atoms with Gasteiger partial charge in [0.2, 0.25) is 0 Å². The quantitative estimate of drug-likeness (QED) is 0.757. The molecule has 0 atom stereocenters. The van der Waals surface area contributed by atoms with E-state index in [1.165, 1.54) is 0 Å². The van der Waals surface area contributed by atoms with Crippen molar-refractivity contribution >= 4 is 5.97 Å². The van der Waals surface area contributed by atoms with E-state index in [0.29, 0.717) is 0 Å². The maximum atomic E-state index is 10.7. The number of carboxylic acids is 1. The number of aryl methyl sites for hydroxylation is 1. The zero-order valence-electron chi connectivity index (χ0n) is 8.03. The Hall–Kier alpha value is -1.38. The molecule has 0 saturated carbocycles. The largest absolute Gasteiger partial charge is 0.477 e. The molecule has 0 fully saturated rings. The van der Waals surface area contributed by atoms with Gasteiger partial charge in [-0.05, 0) is 30.5 Å². The van der Waals surface area contributed by atoms with Crippen molar-refractivity contribution < 1.29 is 9.90 Å². The molecule has 1 N–H and O–H groups in total. The summed E-state index contributed by atoms with van der Waals surface area (Å²) >= 11 is 0. The number of carboxylic acid groups (broad SMARTS) is 1. The monoisotopic (exact) mass is 179 g/mol. The van der Waals surface area contributed by atoms with Crippen LogP contribution in [0.15, 0.2) is 12.1 Å². The third kappa shape index (κ3) is 2.28. The summed E-state index contributed by atoms with van der Waals surface area (Å²) in [5.74, 6) is -0.705. The Kier molecular flexibility index (Phi) is 2.66. The summed E-state index contributed by atoms with van der Waals surface area (Å²) < 4.78 is 0. The summed E-state index contributed by atoms with van der Waals surface area (Å²) in [5.41, 5.74) is 1.90. The van der Waals surface area contributed by atoms with Crippen LogP contribution >= 0.6 is 0 Å².